The van der Waals surface area contributed by atoms with E-state index in [1.165, 1.54) is 0 Å². The number of benzene rings is 2. The Bertz CT molecular complexity index is 751. The van der Waals surface area contributed by atoms with Crippen LogP contribution in [0.2, 0.25) is 0 Å². The van der Waals surface area contributed by atoms with Crippen LogP contribution < -0.4 is 0 Å². The van der Waals surface area contributed by atoms with Crippen LogP contribution in [0.25, 0.3) is 0 Å². The average molecular weight is 286 g/mol. The van der Waals surface area contributed by atoms with Crippen LogP contribution in [0, 0.1) is 11.3 Å². The van der Waals surface area contributed by atoms with Gasteiger partial charge in [0.25, 0.3) is 0 Å². The summed E-state index contributed by atoms with van der Waals surface area (Å²) in [5.74, 6) is 0.171. The average Bonchev–Trinajstić information content (AvgIpc) is 2.59. The molecule has 22 heavy (non-hydrogen) atoms. The number of hydrogen-bond donors (Lipinski definition) is 1. The van der Waals surface area contributed by atoms with Crippen molar-refractivity contribution in [1.82, 2.24) is 4.98 Å². The molecule has 1 aromatic heterocycles. The maximum atomic E-state index is 10.1. The second-order valence-electron chi connectivity index (χ2n) is 4.99. The molecule has 1 heterocycles. The lowest BCUT2D eigenvalue weighted by atomic mass is 9.73. The molecule has 3 rings (SSSR count). The number of aromatic nitrogens is 1. The number of phenolic OH excluding ortho intramolecular Hbond substituents is 1. The lowest BCUT2D eigenvalue weighted by Crippen LogP contribution is -2.28. The highest BCUT2D eigenvalue weighted by Crippen LogP contribution is 2.37. The summed E-state index contributed by atoms with van der Waals surface area (Å²) in [6, 6.07) is 24.3. The van der Waals surface area contributed by atoms with Crippen molar-refractivity contribution in [3.8, 4) is 11.8 Å². The summed E-state index contributed by atoms with van der Waals surface area (Å²) in [7, 11) is 0. The molecule has 3 aromatic rings. The van der Waals surface area contributed by atoms with E-state index in [4.69, 9.17) is 0 Å². The van der Waals surface area contributed by atoms with Gasteiger partial charge in [0, 0.05) is 6.20 Å². The molecule has 0 spiro atoms. The first-order chi connectivity index (χ1) is 10.8. The number of hydrogen-bond acceptors (Lipinski definition) is 3. The fourth-order valence-electron chi connectivity index (χ4n) is 2.63. The van der Waals surface area contributed by atoms with Crippen molar-refractivity contribution in [3.05, 3.63) is 95.8 Å². The topological polar surface area (TPSA) is 56.9 Å². The number of rotatable bonds is 3. The molecule has 0 bridgehead atoms. The molecule has 2 aromatic carbocycles. The van der Waals surface area contributed by atoms with Gasteiger partial charge in [-0.1, -0.05) is 48.5 Å². The molecule has 0 saturated carbocycles. The monoisotopic (exact) mass is 286 g/mol. The summed E-state index contributed by atoms with van der Waals surface area (Å²) in [5, 5.41) is 19.6. The zero-order valence-electron chi connectivity index (χ0n) is 11.8. The third kappa shape index (κ3) is 2.21. The molecule has 0 aliphatic carbocycles. The molecule has 1 N–H and O–H groups in total. The van der Waals surface area contributed by atoms with E-state index in [-0.39, 0.29) is 5.75 Å². The Labute approximate surface area is 129 Å². The number of phenols is 1. The van der Waals surface area contributed by atoms with Crippen LogP contribution in [0.3, 0.4) is 0 Å². The van der Waals surface area contributed by atoms with Crippen LogP contribution in [0.5, 0.6) is 5.75 Å². The predicted molar refractivity (Wildman–Crippen MR) is 84.3 cm³/mol. The maximum absolute atomic E-state index is 10.1. The molecule has 0 saturated heterocycles. The Morgan fingerprint density at radius 2 is 1.45 bits per heavy atom. The van der Waals surface area contributed by atoms with E-state index in [1.54, 1.807) is 30.5 Å². The summed E-state index contributed by atoms with van der Waals surface area (Å²) in [6.45, 7) is 0. The Kier molecular flexibility index (Phi) is 3.59. The van der Waals surface area contributed by atoms with Crippen LogP contribution in [-0.4, -0.2) is 10.1 Å². The van der Waals surface area contributed by atoms with E-state index >= 15 is 0 Å². The molecular formula is C19H14N2O. The number of pyridine rings is 1. The summed E-state index contributed by atoms with van der Waals surface area (Å²) >= 11 is 0. The summed E-state index contributed by atoms with van der Waals surface area (Å²) in [4.78, 5) is 4.41. The van der Waals surface area contributed by atoms with Gasteiger partial charge in [-0.15, -0.1) is 0 Å². The van der Waals surface area contributed by atoms with Crippen LogP contribution in [0.4, 0.5) is 0 Å². The molecule has 1 unspecified atom stereocenters. The molecule has 3 heteroatoms. The quantitative estimate of drug-likeness (QED) is 0.799. The van der Waals surface area contributed by atoms with E-state index in [0.717, 1.165) is 11.1 Å². The third-order valence-electron chi connectivity index (χ3n) is 3.72. The van der Waals surface area contributed by atoms with Gasteiger partial charge in [0.1, 0.15) is 11.2 Å². The molecule has 106 valence electrons. The van der Waals surface area contributed by atoms with Gasteiger partial charge >= 0.3 is 0 Å². The number of aromatic hydroxyl groups is 1. The molecule has 0 fully saturated rings. The molecule has 1 atom stereocenters. The molecule has 0 radical (unpaired) electrons. The summed E-state index contributed by atoms with van der Waals surface area (Å²) in [5.41, 5.74) is 1.28. The normalized spacial score (nSPS) is 13.0. The van der Waals surface area contributed by atoms with Gasteiger partial charge in [-0.3, -0.25) is 4.98 Å². The van der Waals surface area contributed by atoms with Gasteiger partial charge in [0.05, 0.1) is 11.8 Å². The summed E-state index contributed by atoms with van der Waals surface area (Å²) < 4.78 is 0. The standard InChI is InChI=1S/C19H14N2O/c20-14-19(15-6-2-1-3-7-15,18-8-4-5-13-21-18)16-9-11-17(22)12-10-16/h1-13,22H. The van der Waals surface area contributed by atoms with Crippen molar-refractivity contribution in [2.24, 2.45) is 0 Å². The second-order valence-corrected chi connectivity index (χ2v) is 4.99. The fraction of sp³-hybridized carbons (Fsp3) is 0.0526. The van der Waals surface area contributed by atoms with Crippen molar-refractivity contribution in [1.29, 1.82) is 5.26 Å². The Balaban J connectivity index is 2.31. The first kappa shape index (κ1) is 13.8. The zero-order valence-corrected chi connectivity index (χ0v) is 11.8. The van der Waals surface area contributed by atoms with E-state index < -0.39 is 5.41 Å². The predicted octanol–water partition coefficient (Wildman–Crippen LogP) is 3.65. The highest BCUT2D eigenvalue weighted by Gasteiger charge is 2.37. The SMILES string of the molecule is N#CC(c1ccccc1)(c1ccc(O)cc1)c1ccccn1. The summed E-state index contributed by atoms with van der Waals surface area (Å²) in [6.07, 6.45) is 1.69. The van der Waals surface area contributed by atoms with Crippen LogP contribution >= 0.6 is 0 Å². The highest BCUT2D eigenvalue weighted by molar-refractivity contribution is 5.54. The Morgan fingerprint density at radius 1 is 0.818 bits per heavy atom. The maximum Gasteiger partial charge on any atom is 0.149 e. The largest absolute Gasteiger partial charge is 0.508 e. The lowest BCUT2D eigenvalue weighted by Gasteiger charge is -2.27. The number of nitrogens with zero attached hydrogens (tertiary/aromatic N) is 2. The highest BCUT2D eigenvalue weighted by atomic mass is 16.3. The first-order valence-corrected chi connectivity index (χ1v) is 6.95. The molecular weight excluding hydrogens is 272 g/mol. The minimum absolute atomic E-state index is 0.171. The molecule has 0 amide bonds. The van der Waals surface area contributed by atoms with Gasteiger partial charge < -0.3 is 5.11 Å². The minimum atomic E-state index is -1.00. The fourth-order valence-corrected chi connectivity index (χ4v) is 2.63. The Morgan fingerprint density at radius 3 is 2.05 bits per heavy atom. The van der Waals surface area contributed by atoms with Crippen molar-refractivity contribution < 1.29 is 5.11 Å². The van der Waals surface area contributed by atoms with Gasteiger partial charge in [0.2, 0.25) is 0 Å². The van der Waals surface area contributed by atoms with E-state index in [1.807, 2.05) is 48.5 Å². The van der Waals surface area contributed by atoms with Crippen LogP contribution in [-0.2, 0) is 5.41 Å². The van der Waals surface area contributed by atoms with Crippen molar-refractivity contribution in [3.63, 3.8) is 0 Å². The lowest BCUT2D eigenvalue weighted by molar-refractivity contribution is 0.475. The van der Waals surface area contributed by atoms with Crippen LogP contribution in [0.15, 0.2) is 79.0 Å². The van der Waals surface area contributed by atoms with Gasteiger partial charge in [-0.05, 0) is 35.4 Å². The Hall–Kier alpha value is -3.12. The minimum Gasteiger partial charge on any atom is -0.508 e. The van der Waals surface area contributed by atoms with Crippen molar-refractivity contribution >= 4 is 0 Å². The van der Waals surface area contributed by atoms with Crippen LogP contribution in [0.1, 0.15) is 16.8 Å². The third-order valence-corrected chi connectivity index (χ3v) is 3.72. The van der Waals surface area contributed by atoms with E-state index in [2.05, 4.69) is 11.1 Å². The molecule has 3 nitrogen and oxygen atoms in total. The smallest absolute Gasteiger partial charge is 0.149 e. The van der Waals surface area contributed by atoms with Gasteiger partial charge in [0.15, 0.2) is 0 Å². The molecule has 0 aliphatic heterocycles. The molecule has 0 aliphatic rings. The van der Waals surface area contributed by atoms with Gasteiger partial charge in [-0.25, -0.2) is 0 Å². The van der Waals surface area contributed by atoms with E-state index in [0.29, 0.717) is 5.69 Å². The van der Waals surface area contributed by atoms with Crippen molar-refractivity contribution in [2.75, 3.05) is 0 Å². The first-order valence-electron chi connectivity index (χ1n) is 6.95. The van der Waals surface area contributed by atoms with Crippen molar-refractivity contribution in [2.45, 2.75) is 5.41 Å². The van der Waals surface area contributed by atoms with E-state index in [9.17, 15) is 10.4 Å². The van der Waals surface area contributed by atoms with Gasteiger partial charge in [-0.2, -0.15) is 5.26 Å². The second kappa shape index (κ2) is 5.71. The number of nitriles is 1. The zero-order chi connectivity index (χ0) is 15.4.